The molecule has 0 atom stereocenters. The summed E-state index contributed by atoms with van der Waals surface area (Å²) in [5, 5.41) is 12.2. The average molecular weight is 419 g/mol. The molecule has 9 heteroatoms. The van der Waals surface area contributed by atoms with Crippen LogP contribution in [0.3, 0.4) is 0 Å². The van der Waals surface area contributed by atoms with Crippen LogP contribution in [0.5, 0.6) is 5.75 Å². The number of furan rings is 1. The van der Waals surface area contributed by atoms with Gasteiger partial charge in [0.1, 0.15) is 17.3 Å². The molecule has 1 N–H and O–H groups in total. The molecule has 1 amide bonds. The molecule has 0 spiro atoms. The Hall–Kier alpha value is -2.52. The van der Waals surface area contributed by atoms with Crippen LogP contribution in [-0.2, 0) is 17.9 Å². The standard InChI is InChI=1S/C19H22N4O3S2/c1-13-4-7-16(26-13)11-23(2)17(24)12-27-19-22-21-18(28-19)20-10-14-5-8-15(25-3)9-6-14/h4-9H,10-12H2,1-3H3,(H,20,21). The summed E-state index contributed by atoms with van der Waals surface area (Å²) in [6.45, 7) is 2.99. The van der Waals surface area contributed by atoms with Crippen LogP contribution in [0.15, 0.2) is 45.2 Å². The molecular formula is C19H22N4O3S2. The average Bonchev–Trinajstić information content (AvgIpc) is 3.33. The number of amides is 1. The highest BCUT2D eigenvalue weighted by Gasteiger charge is 2.13. The summed E-state index contributed by atoms with van der Waals surface area (Å²) in [5.41, 5.74) is 1.12. The number of thioether (sulfide) groups is 1. The predicted octanol–water partition coefficient (Wildman–Crippen LogP) is 3.81. The Balaban J connectivity index is 1.44. The first kappa shape index (κ1) is 20.2. The molecule has 7 nitrogen and oxygen atoms in total. The van der Waals surface area contributed by atoms with Crippen molar-refractivity contribution in [2.75, 3.05) is 25.2 Å². The van der Waals surface area contributed by atoms with Crippen molar-refractivity contribution in [3.63, 3.8) is 0 Å². The summed E-state index contributed by atoms with van der Waals surface area (Å²) in [6, 6.07) is 11.6. The molecule has 0 aliphatic heterocycles. The molecule has 2 heterocycles. The van der Waals surface area contributed by atoms with Gasteiger partial charge in [0.15, 0.2) is 4.34 Å². The van der Waals surface area contributed by atoms with Gasteiger partial charge in [-0.1, -0.05) is 35.2 Å². The highest BCUT2D eigenvalue weighted by Crippen LogP contribution is 2.26. The van der Waals surface area contributed by atoms with E-state index in [0.29, 0.717) is 18.8 Å². The zero-order chi connectivity index (χ0) is 19.9. The van der Waals surface area contributed by atoms with Gasteiger partial charge in [-0.25, -0.2) is 0 Å². The maximum Gasteiger partial charge on any atom is 0.233 e. The first-order valence-corrected chi connectivity index (χ1v) is 10.5. The molecule has 0 radical (unpaired) electrons. The van der Waals surface area contributed by atoms with E-state index in [1.807, 2.05) is 43.3 Å². The summed E-state index contributed by atoms with van der Waals surface area (Å²) in [5.74, 6) is 2.77. The van der Waals surface area contributed by atoms with Gasteiger partial charge in [0.05, 0.1) is 19.4 Å². The van der Waals surface area contributed by atoms with Crippen molar-refractivity contribution < 1.29 is 13.9 Å². The van der Waals surface area contributed by atoms with E-state index in [1.165, 1.54) is 23.1 Å². The van der Waals surface area contributed by atoms with Crippen molar-refractivity contribution in [3.8, 4) is 5.75 Å². The maximum atomic E-state index is 12.3. The number of ether oxygens (including phenoxy) is 1. The Kier molecular flexibility index (Phi) is 6.94. The number of nitrogens with zero attached hydrogens (tertiary/aromatic N) is 3. The van der Waals surface area contributed by atoms with Crippen molar-refractivity contribution >= 4 is 34.1 Å². The number of anilines is 1. The van der Waals surface area contributed by atoms with Gasteiger partial charge >= 0.3 is 0 Å². The highest BCUT2D eigenvalue weighted by molar-refractivity contribution is 8.01. The van der Waals surface area contributed by atoms with E-state index in [9.17, 15) is 4.79 Å². The van der Waals surface area contributed by atoms with Gasteiger partial charge < -0.3 is 19.4 Å². The van der Waals surface area contributed by atoms with E-state index >= 15 is 0 Å². The molecule has 0 bridgehead atoms. The fourth-order valence-corrected chi connectivity index (χ4v) is 4.07. The zero-order valence-electron chi connectivity index (χ0n) is 16.0. The second-order valence-electron chi connectivity index (χ2n) is 6.13. The minimum Gasteiger partial charge on any atom is -0.497 e. The van der Waals surface area contributed by atoms with Gasteiger partial charge in [0.2, 0.25) is 11.0 Å². The summed E-state index contributed by atoms with van der Waals surface area (Å²) >= 11 is 2.82. The summed E-state index contributed by atoms with van der Waals surface area (Å²) in [6.07, 6.45) is 0. The van der Waals surface area contributed by atoms with Crippen LogP contribution >= 0.6 is 23.1 Å². The number of benzene rings is 1. The van der Waals surface area contributed by atoms with Crippen molar-refractivity contribution in [2.24, 2.45) is 0 Å². The fourth-order valence-electron chi connectivity index (χ4n) is 2.39. The van der Waals surface area contributed by atoms with Gasteiger partial charge in [-0.05, 0) is 36.8 Å². The summed E-state index contributed by atoms with van der Waals surface area (Å²) < 4.78 is 11.4. The first-order chi connectivity index (χ1) is 13.5. The Labute approximate surface area is 172 Å². The molecule has 2 aromatic heterocycles. The number of carbonyl (C=O) groups excluding carboxylic acids is 1. The molecule has 0 aliphatic rings. The third-order valence-corrected chi connectivity index (χ3v) is 5.94. The molecule has 148 valence electrons. The largest absolute Gasteiger partial charge is 0.497 e. The third-order valence-electron chi connectivity index (χ3n) is 3.94. The number of carbonyl (C=O) groups is 1. The summed E-state index contributed by atoms with van der Waals surface area (Å²) in [7, 11) is 3.41. The van der Waals surface area contributed by atoms with Crippen molar-refractivity contribution in [3.05, 3.63) is 53.5 Å². The van der Waals surface area contributed by atoms with E-state index in [0.717, 1.165) is 32.3 Å². The minimum atomic E-state index is 0.0157. The lowest BCUT2D eigenvalue weighted by Crippen LogP contribution is -2.27. The molecule has 0 aliphatic carbocycles. The van der Waals surface area contributed by atoms with Gasteiger partial charge in [-0.2, -0.15) is 0 Å². The van der Waals surface area contributed by atoms with Gasteiger partial charge in [0.25, 0.3) is 0 Å². The van der Waals surface area contributed by atoms with E-state index in [-0.39, 0.29) is 5.91 Å². The Morgan fingerprint density at radius 3 is 2.71 bits per heavy atom. The second kappa shape index (κ2) is 9.61. The van der Waals surface area contributed by atoms with Crippen LogP contribution in [0, 0.1) is 6.92 Å². The Bertz CT molecular complexity index is 908. The molecule has 0 unspecified atom stereocenters. The summed E-state index contributed by atoms with van der Waals surface area (Å²) in [4.78, 5) is 13.9. The number of rotatable bonds is 9. The van der Waals surface area contributed by atoms with E-state index in [2.05, 4.69) is 15.5 Å². The lowest BCUT2D eigenvalue weighted by molar-refractivity contribution is -0.127. The number of hydrogen-bond acceptors (Lipinski definition) is 8. The van der Waals surface area contributed by atoms with E-state index in [1.54, 1.807) is 19.1 Å². The number of hydrogen-bond donors (Lipinski definition) is 1. The van der Waals surface area contributed by atoms with Crippen LogP contribution in [0.2, 0.25) is 0 Å². The predicted molar refractivity (Wildman–Crippen MR) is 111 cm³/mol. The molecule has 0 saturated carbocycles. The van der Waals surface area contributed by atoms with Gasteiger partial charge in [-0.3, -0.25) is 4.79 Å². The maximum absolute atomic E-state index is 12.3. The van der Waals surface area contributed by atoms with Crippen molar-refractivity contribution in [1.82, 2.24) is 15.1 Å². The van der Waals surface area contributed by atoms with E-state index in [4.69, 9.17) is 9.15 Å². The number of methoxy groups -OCH3 is 1. The quantitative estimate of drug-likeness (QED) is 0.529. The second-order valence-corrected chi connectivity index (χ2v) is 8.33. The Morgan fingerprint density at radius 2 is 2.04 bits per heavy atom. The SMILES string of the molecule is COc1ccc(CNc2nnc(SCC(=O)N(C)Cc3ccc(C)o3)s2)cc1. The molecule has 3 aromatic rings. The number of aromatic nitrogens is 2. The highest BCUT2D eigenvalue weighted by atomic mass is 32.2. The van der Waals surface area contributed by atoms with Crippen molar-refractivity contribution in [2.45, 2.75) is 24.4 Å². The van der Waals surface area contributed by atoms with Gasteiger partial charge in [-0.15, -0.1) is 10.2 Å². The van der Waals surface area contributed by atoms with Crippen LogP contribution in [-0.4, -0.2) is 40.9 Å². The van der Waals surface area contributed by atoms with Crippen LogP contribution in [0.1, 0.15) is 17.1 Å². The fraction of sp³-hybridized carbons (Fsp3) is 0.316. The Morgan fingerprint density at radius 1 is 1.25 bits per heavy atom. The lowest BCUT2D eigenvalue weighted by Gasteiger charge is -2.14. The number of nitrogens with one attached hydrogen (secondary N) is 1. The van der Waals surface area contributed by atoms with E-state index < -0.39 is 0 Å². The molecule has 0 fully saturated rings. The monoisotopic (exact) mass is 418 g/mol. The van der Waals surface area contributed by atoms with Crippen LogP contribution < -0.4 is 10.1 Å². The lowest BCUT2D eigenvalue weighted by atomic mass is 10.2. The van der Waals surface area contributed by atoms with Crippen molar-refractivity contribution in [1.29, 1.82) is 0 Å². The third kappa shape index (κ3) is 5.74. The molecular weight excluding hydrogens is 396 g/mol. The van der Waals surface area contributed by atoms with Crippen LogP contribution in [0.4, 0.5) is 5.13 Å². The molecule has 1 aromatic carbocycles. The minimum absolute atomic E-state index is 0.0157. The topological polar surface area (TPSA) is 80.5 Å². The molecule has 0 saturated heterocycles. The molecule has 28 heavy (non-hydrogen) atoms. The first-order valence-electron chi connectivity index (χ1n) is 8.66. The van der Waals surface area contributed by atoms with Crippen LogP contribution in [0.25, 0.3) is 0 Å². The smallest absolute Gasteiger partial charge is 0.233 e. The van der Waals surface area contributed by atoms with Gasteiger partial charge in [0, 0.05) is 13.6 Å². The normalized spacial score (nSPS) is 10.7. The zero-order valence-corrected chi connectivity index (χ0v) is 17.6. The number of aryl methyl sites for hydroxylation is 1. The molecule has 3 rings (SSSR count).